The molecule has 2 heterocycles. The van der Waals surface area contributed by atoms with Crippen LogP contribution in [-0.4, -0.2) is 41.7 Å². The van der Waals surface area contributed by atoms with E-state index >= 15 is 0 Å². The minimum atomic E-state index is -0.269. The van der Waals surface area contributed by atoms with Crippen molar-refractivity contribution in [3.8, 4) is 5.75 Å². The van der Waals surface area contributed by atoms with E-state index in [1.807, 2.05) is 19.1 Å². The number of carbonyl (C=O) groups excluding carboxylic acids is 1. The van der Waals surface area contributed by atoms with E-state index in [1.165, 1.54) is 12.8 Å². The molecule has 1 aliphatic heterocycles. The van der Waals surface area contributed by atoms with Crippen LogP contribution in [0.15, 0.2) is 47.8 Å². The second-order valence-electron chi connectivity index (χ2n) is 6.19. The summed E-state index contributed by atoms with van der Waals surface area (Å²) in [5.74, 6) is 0.568. The van der Waals surface area contributed by atoms with Crippen LogP contribution >= 0.6 is 0 Å². The van der Waals surface area contributed by atoms with E-state index in [-0.39, 0.29) is 5.91 Å². The molecule has 1 aliphatic rings. The Morgan fingerprint density at radius 1 is 1.27 bits per heavy atom. The van der Waals surface area contributed by atoms with Gasteiger partial charge in [0.15, 0.2) is 0 Å². The molecular formula is C20H24N4O2. The highest BCUT2D eigenvalue weighted by molar-refractivity contribution is 5.95. The third kappa shape index (κ3) is 4.67. The lowest BCUT2D eigenvalue weighted by Crippen LogP contribution is -2.19. The number of carbonyl (C=O) groups is 1. The molecule has 1 amide bonds. The molecule has 1 fully saturated rings. The van der Waals surface area contributed by atoms with E-state index in [2.05, 4.69) is 26.5 Å². The largest absolute Gasteiger partial charge is 0.493 e. The molecular weight excluding hydrogens is 328 g/mol. The van der Waals surface area contributed by atoms with Gasteiger partial charge in [0.25, 0.3) is 5.91 Å². The van der Waals surface area contributed by atoms with Gasteiger partial charge in [0.1, 0.15) is 5.75 Å². The number of nitrogens with zero attached hydrogens (tertiary/aromatic N) is 3. The third-order valence-corrected chi connectivity index (χ3v) is 4.32. The van der Waals surface area contributed by atoms with Crippen molar-refractivity contribution in [3.05, 3.63) is 59.4 Å². The third-order valence-electron chi connectivity index (χ3n) is 4.32. The molecule has 6 nitrogen and oxygen atoms in total. The van der Waals surface area contributed by atoms with Gasteiger partial charge >= 0.3 is 0 Å². The molecule has 0 saturated carbocycles. The summed E-state index contributed by atoms with van der Waals surface area (Å²) in [6.45, 7) is 5.69. The number of nitrogens with one attached hydrogen (secondary N) is 1. The molecule has 0 radical (unpaired) electrons. The lowest BCUT2D eigenvalue weighted by atomic mass is 10.1. The van der Waals surface area contributed by atoms with Crippen LogP contribution in [0.3, 0.4) is 0 Å². The van der Waals surface area contributed by atoms with E-state index in [9.17, 15) is 4.79 Å². The van der Waals surface area contributed by atoms with Crippen LogP contribution in [0.2, 0.25) is 0 Å². The fourth-order valence-electron chi connectivity index (χ4n) is 3.06. The maximum atomic E-state index is 12.1. The molecule has 0 atom stereocenters. The zero-order valence-corrected chi connectivity index (χ0v) is 15.0. The maximum Gasteiger partial charge on any atom is 0.271 e. The highest BCUT2D eigenvalue weighted by atomic mass is 16.5. The minimum Gasteiger partial charge on any atom is -0.493 e. The highest BCUT2D eigenvalue weighted by Crippen LogP contribution is 2.25. The Bertz CT molecular complexity index is 756. The molecule has 3 rings (SSSR count). The van der Waals surface area contributed by atoms with Crippen molar-refractivity contribution >= 4 is 12.1 Å². The normalized spacial score (nSPS) is 14.7. The molecule has 1 aromatic carbocycles. The van der Waals surface area contributed by atoms with Crippen LogP contribution in [-0.2, 0) is 6.54 Å². The number of para-hydroxylation sites is 1. The van der Waals surface area contributed by atoms with Crippen LogP contribution in [0.4, 0.5) is 0 Å². The summed E-state index contributed by atoms with van der Waals surface area (Å²) in [6, 6.07) is 9.33. The average Bonchev–Trinajstić information content (AvgIpc) is 3.18. The number of hydrogen-bond acceptors (Lipinski definition) is 5. The topological polar surface area (TPSA) is 66.8 Å². The van der Waals surface area contributed by atoms with Gasteiger partial charge in [-0.25, -0.2) is 5.43 Å². The standard InChI is InChI=1S/C20H24N4O2/c1-2-26-19-17(6-5-7-18(19)15-24-12-3-4-13-24)14-22-23-20(25)16-8-10-21-11-9-16/h5-11,14H,2-4,12-13,15H2,1H3,(H,23,25)/b22-14+. The Labute approximate surface area is 153 Å². The lowest BCUT2D eigenvalue weighted by molar-refractivity contribution is 0.0955. The number of amides is 1. The predicted molar refractivity (Wildman–Crippen MR) is 101 cm³/mol. The molecule has 6 heteroatoms. The second-order valence-corrected chi connectivity index (χ2v) is 6.19. The van der Waals surface area contributed by atoms with Gasteiger partial charge in [-0.15, -0.1) is 0 Å². The van der Waals surface area contributed by atoms with Crippen LogP contribution < -0.4 is 10.2 Å². The summed E-state index contributed by atoms with van der Waals surface area (Å²) in [5.41, 5.74) is 5.08. The smallest absolute Gasteiger partial charge is 0.271 e. The van der Waals surface area contributed by atoms with Crippen LogP contribution in [0.5, 0.6) is 5.75 Å². The highest BCUT2D eigenvalue weighted by Gasteiger charge is 2.16. The Balaban J connectivity index is 1.72. The molecule has 0 spiro atoms. The summed E-state index contributed by atoms with van der Waals surface area (Å²) in [4.78, 5) is 18.4. The zero-order chi connectivity index (χ0) is 18.2. The molecule has 0 aliphatic carbocycles. The number of hydrogen-bond donors (Lipinski definition) is 1. The molecule has 0 unspecified atom stereocenters. The minimum absolute atomic E-state index is 0.269. The van der Waals surface area contributed by atoms with Gasteiger partial charge in [-0.3, -0.25) is 14.7 Å². The van der Waals surface area contributed by atoms with Crippen molar-refractivity contribution in [2.45, 2.75) is 26.3 Å². The van der Waals surface area contributed by atoms with Crippen LogP contribution in [0.25, 0.3) is 0 Å². The van der Waals surface area contributed by atoms with E-state index in [4.69, 9.17) is 4.74 Å². The molecule has 2 aromatic rings. The summed E-state index contributed by atoms with van der Waals surface area (Å²) in [7, 11) is 0. The van der Waals surface area contributed by atoms with E-state index in [1.54, 1.807) is 30.7 Å². The quantitative estimate of drug-likeness (QED) is 0.615. The first-order chi connectivity index (χ1) is 12.8. The van der Waals surface area contributed by atoms with Gasteiger partial charge in [-0.1, -0.05) is 12.1 Å². The molecule has 136 valence electrons. The summed E-state index contributed by atoms with van der Waals surface area (Å²) in [5, 5.41) is 4.10. The Morgan fingerprint density at radius 3 is 2.77 bits per heavy atom. The number of benzene rings is 1. The fourth-order valence-corrected chi connectivity index (χ4v) is 3.06. The monoisotopic (exact) mass is 352 g/mol. The first-order valence-electron chi connectivity index (χ1n) is 8.98. The van der Waals surface area contributed by atoms with Crippen molar-refractivity contribution < 1.29 is 9.53 Å². The molecule has 1 saturated heterocycles. The van der Waals surface area contributed by atoms with Gasteiger partial charge < -0.3 is 4.74 Å². The molecule has 0 bridgehead atoms. The van der Waals surface area contributed by atoms with Gasteiger partial charge in [-0.2, -0.15) is 5.10 Å². The molecule has 26 heavy (non-hydrogen) atoms. The second kappa shape index (κ2) is 9.10. The van der Waals surface area contributed by atoms with E-state index in [0.717, 1.165) is 36.5 Å². The summed E-state index contributed by atoms with van der Waals surface area (Å²) in [6.07, 6.45) is 7.30. The van der Waals surface area contributed by atoms with E-state index < -0.39 is 0 Å². The average molecular weight is 352 g/mol. The van der Waals surface area contributed by atoms with Crippen molar-refractivity contribution in [2.75, 3.05) is 19.7 Å². The number of pyridine rings is 1. The Hall–Kier alpha value is -2.73. The van der Waals surface area contributed by atoms with E-state index in [0.29, 0.717) is 12.2 Å². The number of rotatable bonds is 7. The first-order valence-corrected chi connectivity index (χ1v) is 8.98. The summed E-state index contributed by atoms with van der Waals surface area (Å²) >= 11 is 0. The number of aromatic nitrogens is 1. The SMILES string of the molecule is CCOc1c(/C=N/NC(=O)c2ccncc2)cccc1CN1CCCC1. The number of likely N-dealkylation sites (tertiary alicyclic amines) is 1. The Kier molecular flexibility index (Phi) is 6.33. The Morgan fingerprint density at radius 2 is 2.04 bits per heavy atom. The van der Waals surface area contributed by atoms with Crippen molar-refractivity contribution in [3.63, 3.8) is 0 Å². The van der Waals surface area contributed by atoms with Gasteiger partial charge in [0, 0.05) is 35.6 Å². The van der Waals surface area contributed by atoms with Gasteiger partial charge in [-0.05, 0) is 51.1 Å². The molecule has 1 N–H and O–H groups in total. The lowest BCUT2D eigenvalue weighted by Gasteiger charge is -2.18. The van der Waals surface area contributed by atoms with Gasteiger partial charge in [0.2, 0.25) is 0 Å². The fraction of sp³-hybridized carbons (Fsp3) is 0.350. The number of ether oxygens (including phenoxy) is 1. The van der Waals surface area contributed by atoms with Crippen molar-refractivity contribution in [1.82, 2.24) is 15.3 Å². The van der Waals surface area contributed by atoms with Crippen molar-refractivity contribution in [2.24, 2.45) is 5.10 Å². The predicted octanol–water partition coefficient (Wildman–Crippen LogP) is 2.84. The summed E-state index contributed by atoms with van der Waals surface area (Å²) < 4.78 is 5.88. The number of hydrazone groups is 1. The van der Waals surface area contributed by atoms with Crippen LogP contribution in [0.1, 0.15) is 41.3 Å². The first kappa shape index (κ1) is 18.1. The van der Waals surface area contributed by atoms with Crippen LogP contribution in [0, 0.1) is 0 Å². The maximum absolute atomic E-state index is 12.1. The van der Waals surface area contributed by atoms with Crippen molar-refractivity contribution in [1.29, 1.82) is 0 Å². The zero-order valence-electron chi connectivity index (χ0n) is 15.0. The molecule has 1 aromatic heterocycles. The van der Waals surface area contributed by atoms with Gasteiger partial charge in [0.05, 0.1) is 12.8 Å².